The molecule has 0 aromatic heterocycles. The molecule has 2 rings (SSSR count). The van der Waals surface area contributed by atoms with Crippen molar-refractivity contribution in [2.24, 2.45) is 0 Å². The van der Waals surface area contributed by atoms with Crippen LogP contribution in [0.3, 0.4) is 0 Å². The molecule has 0 aliphatic carbocycles. The molecule has 0 spiro atoms. The fraction of sp³-hybridized carbons (Fsp3) is 0.235. The van der Waals surface area contributed by atoms with Crippen molar-refractivity contribution in [3.63, 3.8) is 0 Å². The van der Waals surface area contributed by atoms with Crippen LogP contribution in [0, 0.1) is 5.82 Å². The first-order chi connectivity index (χ1) is 10.1. The highest BCUT2D eigenvalue weighted by molar-refractivity contribution is 5.99. The first-order valence-corrected chi connectivity index (χ1v) is 6.64. The van der Waals surface area contributed by atoms with Crippen molar-refractivity contribution in [3.05, 3.63) is 65.5 Å². The maximum absolute atomic E-state index is 12.8. The Bertz CT molecular complexity index is 608. The summed E-state index contributed by atoms with van der Waals surface area (Å²) < 4.78 is 23.5. The average molecular weight is 288 g/mol. The van der Waals surface area contributed by atoms with Crippen molar-refractivity contribution in [1.82, 2.24) is 0 Å². The van der Waals surface area contributed by atoms with E-state index in [9.17, 15) is 9.18 Å². The van der Waals surface area contributed by atoms with Gasteiger partial charge >= 0.3 is 0 Å². The zero-order chi connectivity index (χ0) is 15.2. The number of carbonyl (C=O) groups is 1. The first-order valence-electron chi connectivity index (χ1n) is 6.64. The molecule has 110 valence electrons. The molecule has 0 heterocycles. The lowest BCUT2D eigenvalue weighted by Crippen LogP contribution is -2.20. The minimum atomic E-state index is -0.596. The lowest BCUT2D eigenvalue weighted by molar-refractivity contribution is 0.0412. The van der Waals surface area contributed by atoms with Crippen LogP contribution in [0.4, 0.5) is 4.39 Å². The van der Waals surface area contributed by atoms with E-state index in [0.29, 0.717) is 12.2 Å². The molecule has 0 saturated carbocycles. The molecule has 3 nitrogen and oxygen atoms in total. The number of halogens is 1. The predicted molar refractivity (Wildman–Crippen MR) is 78.0 cm³/mol. The third-order valence-corrected chi connectivity index (χ3v) is 3.13. The molecule has 0 aliphatic rings. The lowest BCUT2D eigenvalue weighted by atomic mass is 10.1. The van der Waals surface area contributed by atoms with Gasteiger partial charge in [-0.25, -0.2) is 4.39 Å². The van der Waals surface area contributed by atoms with Crippen LogP contribution in [0.5, 0.6) is 5.75 Å². The highest BCUT2D eigenvalue weighted by Gasteiger charge is 2.15. The lowest BCUT2D eigenvalue weighted by Gasteiger charge is -2.12. The van der Waals surface area contributed by atoms with Crippen LogP contribution in [0.2, 0.25) is 0 Å². The molecule has 0 aliphatic heterocycles. The molecule has 1 unspecified atom stereocenters. The summed E-state index contributed by atoms with van der Waals surface area (Å²) in [5, 5.41) is 0. The SMILES string of the molecule is COc1cccc(COC(C)C(=O)c2ccc(F)cc2)c1. The van der Waals surface area contributed by atoms with Crippen molar-refractivity contribution >= 4 is 5.78 Å². The molecule has 0 radical (unpaired) electrons. The molecular formula is C17H17FO3. The largest absolute Gasteiger partial charge is 0.497 e. The van der Waals surface area contributed by atoms with Gasteiger partial charge in [0.1, 0.15) is 17.7 Å². The third-order valence-electron chi connectivity index (χ3n) is 3.13. The summed E-state index contributed by atoms with van der Waals surface area (Å²) in [6, 6.07) is 12.9. The van der Waals surface area contributed by atoms with E-state index in [-0.39, 0.29) is 11.6 Å². The Hall–Kier alpha value is -2.20. The van der Waals surface area contributed by atoms with Crippen molar-refractivity contribution in [2.75, 3.05) is 7.11 Å². The van der Waals surface area contributed by atoms with Crippen LogP contribution in [-0.2, 0) is 11.3 Å². The summed E-state index contributed by atoms with van der Waals surface area (Å²) in [5.41, 5.74) is 1.36. The fourth-order valence-electron chi connectivity index (χ4n) is 1.91. The topological polar surface area (TPSA) is 35.5 Å². The van der Waals surface area contributed by atoms with E-state index in [4.69, 9.17) is 9.47 Å². The van der Waals surface area contributed by atoms with E-state index < -0.39 is 6.10 Å². The Balaban J connectivity index is 1.96. The minimum absolute atomic E-state index is 0.169. The highest BCUT2D eigenvalue weighted by atomic mass is 19.1. The van der Waals surface area contributed by atoms with E-state index in [2.05, 4.69) is 0 Å². The standard InChI is InChI=1S/C17H17FO3/c1-12(17(19)14-6-8-15(18)9-7-14)21-11-13-4-3-5-16(10-13)20-2/h3-10,12H,11H2,1-2H3. The Morgan fingerprint density at radius 2 is 1.90 bits per heavy atom. The molecular weight excluding hydrogens is 271 g/mol. The van der Waals surface area contributed by atoms with Gasteiger partial charge in [-0.1, -0.05) is 12.1 Å². The molecule has 0 N–H and O–H groups in total. The number of Topliss-reactive ketones (excluding diaryl/α,β-unsaturated/α-hetero) is 1. The maximum atomic E-state index is 12.8. The van der Waals surface area contributed by atoms with E-state index in [0.717, 1.165) is 11.3 Å². The number of methoxy groups -OCH3 is 1. The van der Waals surface area contributed by atoms with E-state index in [1.165, 1.54) is 24.3 Å². The van der Waals surface area contributed by atoms with Gasteiger partial charge in [0, 0.05) is 5.56 Å². The molecule has 0 saturated heterocycles. The molecule has 4 heteroatoms. The van der Waals surface area contributed by atoms with Crippen LogP contribution >= 0.6 is 0 Å². The quantitative estimate of drug-likeness (QED) is 0.762. The van der Waals surface area contributed by atoms with Crippen molar-refractivity contribution < 1.29 is 18.7 Å². The van der Waals surface area contributed by atoms with Gasteiger partial charge in [0.2, 0.25) is 0 Å². The first kappa shape index (κ1) is 15.2. The van der Waals surface area contributed by atoms with E-state index in [1.807, 2.05) is 24.3 Å². The summed E-state index contributed by atoms with van der Waals surface area (Å²) in [6.07, 6.45) is -0.596. The van der Waals surface area contributed by atoms with Crippen LogP contribution in [0.1, 0.15) is 22.8 Å². The number of hydrogen-bond acceptors (Lipinski definition) is 3. The Morgan fingerprint density at radius 3 is 2.57 bits per heavy atom. The number of ether oxygens (including phenoxy) is 2. The second-order valence-electron chi connectivity index (χ2n) is 4.68. The van der Waals surface area contributed by atoms with Gasteiger partial charge < -0.3 is 9.47 Å². The fourth-order valence-corrected chi connectivity index (χ4v) is 1.91. The summed E-state index contributed by atoms with van der Waals surface area (Å²) >= 11 is 0. The normalized spacial score (nSPS) is 12.0. The van der Waals surface area contributed by atoms with Gasteiger partial charge in [-0.3, -0.25) is 4.79 Å². The zero-order valence-corrected chi connectivity index (χ0v) is 12.0. The van der Waals surface area contributed by atoms with E-state index in [1.54, 1.807) is 14.0 Å². The Labute approximate surface area is 123 Å². The number of rotatable bonds is 6. The predicted octanol–water partition coefficient (Wildman–Crippen LogP) is 3.62. The van der Waals surface area contributed by atoms with Crippen molar-refractivity contribution in [3.8, 4) is 5.75 Å². The molecule has 2 aromatic carbocycles. The number of ketones is 1. The van der Waals surface area contributed by atoms with Crippen LogP contribution in [-0.4, -0.2) is 19.0 Å². The molecule has 0 amide bonds. The van der Waals surface area contributed by atoms with Gasteiger partial charge in [0.15, 0.2) is 5.78 Å². The molecule has 21 heavy (non-hydrogen) atoms. The monoisotopic (exact) mass is 288 g/mol. The highest BCUT2D eigenvalue weighted by Crippen LogP contribution is 2.15. The molecule has 0 fully saturated rings. The Morgan fingerprint density at radius 1 is 1.19 bits per heavy atom. The number of benzene rings is 2. The summed E-state index contributed by atoms with van der Waals surface area (Å²) in [6.45, 7) is 2.00. The second kappa shape index (κ2) is 6.99. The van der Waals surface area contributed by atoms with Gasteiger partial charge in [0.05, 0.1) is 13.7 Å². The number of hydrogen-bond donors (Lipinski definition) is 0. The third kappa shape index (κ3) is 4.13. The van der Waals surface area contributed by atoms with Gasteiger partial charge in [-0.15, -0.1) is 0 Å². The van der Waals surface area contributed by atoms with Gasteiger partial charge in [-0.2, -0.15) is 0 Å². The van der Waals surface area contributed by atoms with Crippen LogP contribution in [0.25, 0.3) is 0 Å². The summed E-state index contributed by atoms with van der Waals surface area (Å²) in [7, 11) is 1.60. The second-order valence-corrected chi connectivity index (χ2v) is 4.68. The average Bonchev–Trinajstić information content (AvgIpc) is 2.53. The molecule has 0 bridgehead atoms. The zero-order valence-electron chi connectivity index (χ0n) is 12.0. The summed E-state index contributed by atoms with van der Waals surface area (Å²) in [4.78, 5) is 12.1. The Kier molecular flexibility index (Phi) is 5.06. The van der Waals surface area contributed by atoms with Gasteiger partial charge in [0.25, 0.3) is 0 Å². The molecule has 1 atom stereocenters. The number of carbonyl (C=O) groups excluding carboxylic acids is 1. The summed E-state index contributed by atoms with van der Waals surface area (Å²) in [5.74, 6) is 0.211. The van der Waals surface area contributed by atoms with Crippen molar-refractivity contribution in [1.29, 1.82) is 0 Å². The minimum Gasteiger partial charge on any atom is -0.497 e. The van der Waals surface area contributed by atoms with Crippen LogP contribution < -0.4 is 4.74 Å². The van der Waals surface area contributed by atoms with E-state index >= 15 is 0 Å². The maximum Gasteiger partial charge on any atom is 0.191 e. The van der Waals surface area contributed by atoms with Crippen molar-refractivity contribution in [2.45, 2.75) is 19.6 Å². The van der Waals surface area contributed by atoms with Crippen LogP contribution in [0.15, 0.2) is 48.5 Å². The van der Waals surface area contributed by atoms with Gasteiger partial charge in [-0.05, 0) is 48.9 Å². The smallest absolute Gasteiger partial charge is 0.191 e. The molecule has 2 aromatic rings.